The Morgan fingerprint density at radius 1 is 1.38 bits per heavy atom. The van der Waals surface area contributed by atoms with Crippen molar-refractivity contribution in [2.24, 2.45) is 17.6 Å². The van der Waals surface area contributed by atoms with Crippen LogP contribution in [-0.4, -0.2) is 30.0 Å². The molecule has 0 spiro atoms. The van der Waals surface area contributed by atoms with Crippen LogP contribution in [0.5, 0.6) is 0 Å². The van der Waals surface area contributed by atoms with Gasteiger partial charge in [0.15, 0.2) is 0 Å². The van der Waals surface area contributed by atoms with Gasteiger partial charge in [-0.15, -0.1) is 0 Å². The molecule has 1 saturated carbocycles. The van der Waals surface area contributed by atoms with Crippen molar-refractivity contribution in [3.8, 4) is 0 Å². The van der Waals surface area contributed by atoms with E-state index in [0.717, 1.165) is 17.9 Å². The van der Waals surface area contributed by atoms with Gasteiger partial charge in [0.25, 0.3) is 0 Å². The second-order valence-electron chi connectivity index (χ2n) is 4.96. The Balaban J connectivity index is 1.82. The molecule has 2 unspecified atom stereocenters. The van der Waals surface area contributed by atoms with E-state index in [9.17, 15) is 4.79 Å². The maximum Gasteiger partial charge on any atom is 0.224 e. The third kappa shape index (κ3) is 2.92. The van der Waals surface area contributed by atoms with E-state index in [1.54, 1.807) is 0 Å². The summed E-state index contributed by atoms with van der Waals surface area (Å²) in [6.07, 6.45) is 6.12. The molecule has 2 fully saturated rings. The van der Waals surface area contributed by atoms with Crippen LogP contribution in [-0.2, 0) is 4.79 Å². The van der Waals surface area contributed by atoms with Crippen molar-refractivity contribution < 1.29 is 4.79 Å². The second-order valence-corrected chi connectivity index (χ2v) is 6.11. The summed E-state index contributed by atoms with van der Waals surface area (Å²) in [7, 11) is 0. The molecule has 2 atom stereocenters. The maximum atomic E-state index is 12.0. The van der Waals surface area contributed by atoms with Gasteiger partial charge in [0, 0.05) is 24.3 Å². The van der Waals surface area contributed by atoms with Gasteiger partial charge in [-0.2, -0.15) is 11.8 Å². The van der Waals surface area contributed by atoms with Crippen LogP contribution < -0.4 is 11.1 Å². The van der Waals surface area contributed by atoms with Crippen molar-refractivity contribution in [2.75, 3.05) is 18.1 Å². The van der Waals surface area contributed by atoms with Crippen molar-refractivity contribution >= 4 is 17.7 Å². The van der Waals surface area contributed by atoms with Gasteiger partial charge in [-0.1, -0.05) is 12.8 Å². The van der Waals surface area contributed by atoms with Crippen LogP contribution in [0.1, 0.15) is 32.1 Å². The molecule has 16 heavy (non-hydrogen) atoms. The maximum absolute atomic E-state index is 12.0. The summed E-state index contributed by atoms with van der Waals surface area (Å²) in [5.74, 6) is 3.23. The van der Waals surface area contributed by atoms with Crippen LogP contribution >= 0.6 is 11.8 Å². The minimum absolute atomic E-state index is 0.223. The standard InChI is InChI=1S/C12H22N2OS/c13-7-11(9-3-1-2-4-9)14-12(15)10-5-6-16-8-10/h9-11H,1-8,13H2,(H,14,15). The molecule has 1 saturated heterocycles. The molecule has 4 heteroatoms. The van der Waals surface area contributed by atoms with Crippen molar-refractivity contribution in [3.05, 3.63) is 0 Å². The van der Waals surface area contributed by atoms with Crippen LogP contribution in [0.4, 0.5) is 0 Å². The van der Waals surface area contributed by atoms with E-state index in [0.29, 0.717) is 12.5 Å². The molecule has 1 aliphatic carbocycles. The Kier molecular flexibility index (Phi) is 4.53. The average Bonchev–Trinajstić information content (AvgIpc) is 2.96. The Morgan fingerprint density at radius 2 is 2.12 bits per heavy atom. The number of carbonyl (C=O) groups is 1. The van der Waals surface area contributed by atoms with Crippen LogP contribution in [0.25, 0.3) is 0 Å². The fraction of sp³-hybridized carbons (Fsp3) is 0.917. The highest BCUT2D eigenvalue weighted by molar-refractivity contribution is 7.99. The number of nitrogens with two attached hydrogens (primary N) is 1. The Hall–Kier alpha value is -0.220. The van der Waals surface area contributed by atoms with Gasteiger partial charge in [-0.25, -0.2) is 0 Å². The smallest absolute Gasteiger partial charge is 0.224 e. The summed E-state index contributed by atoms with van der Waals surface area (Å²) >= 11 is 1.89. The molecule has 1 heterocycles. The first-order chi connectivity index (χ1) is 7.81. The van der Waals surface area contributed by atoms with E-state index >= 15 is 0 Å². The zero-order valence-corrected chi connectivity index (χ0v) is 10.6. The molecule has 2 rings (SSSR count). The lowest BCUT2D eigenvalue weighted by atomic mass is 9.97. The highest BCUT2D eigenvalue weighted by Crippen LogP contribution is 2.28. The SMILES string of the molecule is NCC(NC(=O)C1CCSC1)C1CCCC1. The van der Waals surface area contributed by atoms with Crippen LogP contribution in [0.3, 0.4) is 0 Å². The lowest BCUT2D eigenvalue weighted by molar-refractivity contribution is -0.125. The van der Waals surface area contributed by atoms with E-state index in [1.165, 1.54) is 25.7 Å². The minimum atomic E-state index is 0.223. The number of amides is 1. The molecule has 3 nitrogen and oxygen atoms in total. The van der Waals surface area contributed by atoms with E-state index in [-0.39, 0.29) is 17.9 Å². The molecule has 1 amide bonds. The topological polar surface area (TPSA) is 55.1 Å². The molecular formula is C12H22N2OS. The molecule has 1 aliphatic heterocycles. The van der Waals surface area contributed by atoms with Crippen molar-refractivity contribution in [1.82, 2.24) is 5.32 Å². The van der Waals surface area contributed by atoms with Crippen molar-refractivity contribution in [2.45, 2.75) is 38.1 Å². The van der Waals surface area contributed by atoms with Gasteiger partial charge in [0.1, 0.15) is 0 Å². The Bertz CT molecular complexity index is 235. The van der Waals surface area contributed by atoms with Crippen LogP contribution in [0.15, 0.2) is 0 Å². The molecule has 0 radical (unpaired) electrons. The number of carbonyl (C=O) groups excluding carboxylic acids is 1. The quantitative estimate of drug-likeness (QED) is 0.783. The highest BCUT2D eigenvalue weighted by Gasteiger charge is 2.29. The Morgan fingerprint density at radius 3 is 2.69 bits per heavy atom. The molecule has 0 aromatic rings. The van der Waals surface area contributed by atoms with Gasteiger partial charge in [-0.3, -0.25) is 4.79 Å². The van der Waals surface area contributed by atoms with Gasteiger partial charge in [-0.05, 0) is 30.9 Å². The molecule has 92 valence electrons. The second kappa shape index (κ2) is 5.92. The van der Waals surface area contributed by atoms with E-state index < -0.39 is 0 Å². The number of nitrogens with one attached hydrogen (secondary N) is 1. The van der Waals surface area contributed by atoms with E-state index in [2.05, 4.69) is 5.32 Å². The molecule has 0 aromatic heterocycles. The monoisotopic (exact) mass is 242 g/mol. The summed E-state index contributed by atoms with van der Waals surface area (Å²) < 4.78 is 0. The van der Waals surface area contributed by atoms with Gasteiger partial charge < -0.3 is 11.1 Å². The first-order valence-electron chi connectivity index (χ1n) is 6.39. The first kappa shape index (κ1) is 12.2. The third-order valence-corrected chi connectivity index (χ3v) is 5.01. The Labute approximate surface area is 102 Å². The average molecular weight is 242 g/mol. The molecule has 3 N–H and O–H groups in total. The van der Waals surface area contributed by atoms with E-state index in [4.69, 9.17) is 5.73 Å². The summed E-state index contributed by atoms with van der Waals surface area (Å²) in [6.45, 7) is 0.594. The van der Waals surface area contributed by atoms with Crippen molar-refractivity contribution in [1.29, 1.82) is 0 Å². The van der Waals surface area contributed by atoms with Crippen LogP contribution in [0, 0.1) is 11.8 Å². The third-order valence-electron chi connectivity index (χ3n) is 3.85. The predicted octanol–water partition coefficient (Wildman–Crippen LogP) is 1.37. The molecular weight excluding hydrogens is 220 g/mol. The lowest BCUT2D eigenvalue weighted by Crippen LogP contribution is -2.46. The highest BCUT2D eigenvalue weighted by atomic mass is 32.2. The van der Waals surface area contributed by atoms with Gasteiger partial charge in [0.05, 0.1) is 0 Å². The number of rotatable bonds is 4. The largest absolute Gasteiger partial charge is 0.352 e. The van der Waals surface area contributed by atoms with Gasteiger partial charge in [0.2, 0.25) is 5.91 Å². The first-order valence-corrected chi connectivity index (χ1v) is 7.55. The van der Waals surface area contributed by atoms with Gasteiger partial charge >= 0.3 is 0 Å². The fourth-order valence-corrected chi connectivity index (χ4v) is 3.99. The molecule has 0 aromatic carbocycles. The van der Waals surface area contributed by atoms with E-state index in [1.807, 2.05) is 11.8 Å². The summed E-state index contributed by atoms with van der Waals surface area (Å²) in [6, 6.07) is 0.223. The fourth-order valence-electron chi connectivity index (χ4n) is 2.77. The molecule has 0 bridgehead atoms. The van der Waals surface area contributed by atoms with Crippen molar-refractivity contribution in [3.63, 3.8) is 0 Å². The normalized spacial score (nSPS) is 28.2. The predicted molar refractivity (Wildman–Crippen MR) is 68.4 cm³/mol. The lowest BCUT2D eigenvalue weighted by Gasteiger charge is -2.24. The summed E-state index contributed by atoms with van der Waals surface area (Å²) in [4.78, 5) is 12.0. The minimum Gasteiger partial charge on any atom is -0.352 e. The zero-order valence-electron chi connectivity index (χ0n) is 9.78. The van der Waals surface area contributed by atoms with Crippen LogP contribution in [0.2, 0.25) is 0 Å². The molecule has 2 aliphatic rings. The number of thioether (sulfide) groups is 1. The summed E-state index contributed by atoms with van der Waals surface area (Å²) in [5, 5.41) is 3.17. The number of hydrogen-bond acceptors (Lipinski definition) is 3. The number of hydrogen-bond donors (Lipinski definition) is 2. The summed E-state index contributed by atoms with van der Waals surface area (Å²) in [5.41, 5.74) is 5.78. The zero-order chi connectivity index (χ0) is 11.4.